The number of anilines is 2. The van der Waals surface area contributed by atoms with Crippen LogP contribution in [0.4, 0.5) is 11.8 Å². The lowest BCUT2D eigenvalue weighted by Crippen LogP contribution is -2.35. The lowest BCUT2D eigenvalue weighted by Gasteiger charge is -2.21. The first-order valence-corrected chi connectivity index (χ1v) is 12.1. The summed E-state index contributed by atoms with van der Waals surface area (Å²) in [7, 11) is 1.62. The van der Waals surface area contributed by atoms with Gasteiger partial charge in [0.15, 0.2) is 5.58 Å². The highest BCUT2D eigenvalue weighted by Crippen LogP contribution is 2.38. The van der Waals surface area contributed by atoms with Crippen LogP contribution in [0.2, 0.25) is 0 Å². The highest BCUT2D eigenvalue weighted by molar-refractivity contribution is 5.88. The quantitative estimate of drug-likeness (QED) is 0.260. The summed E-state index contributed by atoms with van der Waals surface area (Å²) in [6, 6.07) is 3.21. The smallest absolute Gasteiger partial charge is 0.224 e. The fourth-order valence-electron chi connectivity index (χ4n) is 4.54. The van der Waals surface area contributed by atoms with E-state index < -0.39 is 24.2 Å². The van der Waals surface area contributed by atoms with Crippen LogP contribution >= 0.6 is 0 Å². The van der Waals surface area contributed by atoms with Crippen LogP contribution in [0.1, 0.15) is 31.7 Å². The molecule has 4 rings (SSSR count). The molecule has 196 valence electrons. The lowest BCUT2D eigenvalue weighted by molar-refractivity contribution is 0.00446. The summed E-state index contributed by atoms with van der Waals surface area (Å²) in [6.07, 6.45) is -1.72. The van der Waals surface area contributed by atoms with Gasteiger partial charge in [-0.1, -0.05) is 0 Å². The topological polar surface area (TPSA) is 155 Å². The Labute approximate surface area is 209 Å². The van der Waals surface area contributed by atoms with Crippen LogP contribution in [0.3, 0.4) is 0 Å². The molecule has 11 heteroatoms. The zero-order valence-electron chi connectivity index (χ0n) is 21.3. The van der Waals surface area contributed by atoms with Gasteiger partial charge < -0.3 is 39.8 Å². The third kappa shape index (κ3) is 5.39. The zero-order chi connectivity index (χ0) is 26.0. The summed E-state index contributed by atoms with van der Waals surface area (Å²) in [6.45, 7) is 8.38. The molecule has 3 aromatic rings. The van der Waals surface area contributed by atoms with Gasteiger partial charge in [0.2, 0.25) is 11.8 Å². The third-order valence-electron chi connectivity index (χ3n) is 6.29. The Bertz CT molecular complexity index is 1200. The van der Waals surface area contributed by atoms with Gasteiger partial charge in [0, 0.05) is 37.6 Å². The average Bonchev–Trinajstić information content (AvgIpc) is 3.35. The van der Waals surface area contributed by atoms with Crippen molar-refractivity contribution in [1.82, 2.24) is 15.0 Å². The Morgan fingerprint density at radius 1 is 1.11 bits per heavy atom. The Hall–Kier alpha value is -2.99. The van der Waals surface area contributed by atoms with Crippen molar-refractivity contribution < 1.29 is 29.2 Å². The van der Waals surface area contributed by atoms with Gasteiger partial charge >= 0.3 is 0 Å². The number of nitrogens with one attached hydrogen (secondary N) is 2. The number of aliphatic hydroxyl groups excluding tert-OH is 3. The molecule has 36 heavy (non-hydrogen) atoms. The van der Waals surface area contributed by atoms with Crippen LogP contribution in [-0.2, 0) is 4.74 Å². The van der Waals surface area contributed by atoms with E-state index in [1.54, 1.807) is 7.11 Å². The molecule has 5 N–H and O–H groups in total. The second-order valence-corrected chi connectivity index (χ2v) is 9.43. The highest BCUT2D eigenvalue weighted by atomic mass is 16.5. The monoisotopic (exact) mass is 501 g/mol. The predicted octanol–water partition coefficient (Wildman–Crippen LogP) is 2.26. The number of nitrogens with zero attached hydrogens (tertiary/aromatic N) is 3. The Morgan fingerprint density at radius 2 is 1.89 bits per heavy atom. The molecule has 1 aliphatic rings. The van der Waals surface area contributed by atoms with Crippen LogP contribution < -0.4 is 15.4 Å². The minimum Gasteiger partial charge on any atom is -0.475 e. The molecule has 3 heterocycles. The first-order chi connectivity index (χ1) is 17.2. The third-order valence-corrected chi connectivity index (χ3v) is 6.29. The van der Waals surface area contributed by atoms with E-state index in [4.69, 9.17) is 13.9 Å². The number of ether oxygens (including phenoxy) is 2. The number of furan rings is 1. The van der Waals surface area contributed by atoms with E-state index in [1.807, 2.05) is 39.8 Å². The number of aryl methyl sites for hydroxylation is 2. The number of rotatable bonds is 10. The summed E-state index contributed by atoms with van der Waals surface area (Å²) >= 11 is 0. The number of hydrogen-bond acceptors (Lipinski definition) is 11. The van der Waals surface area contributed by atoms with E-state index in [-0.39, 0.29) is 12.7 Å². The molecule has 0 saturated heterocycles. The Balaban J connectivity index is 1.76. The maximum absolute atomic E-state index is 10.6. The minimum absolute atomic E-state index is 0.0127. The number of aliphatic hydroxyl groups is 3. The predicted molar refractivity (Wildman–Crippen MR) is 135 cm³/mol. The number of hydrogen-bond donors (Lipinski definition) is 5. The second kappa shape index (κ2) is 11.0. The molecule has 1 aliphatic carbocycles. The molecule has 0 amide bonds. The van der Waals surface area contributed by atoms with E-state index in [2.05, 4.69) is 25.6 Å². The number of pyridine rings is 1. The average molecular weight is 502 g/mol. The van der Waals surface area contributed by atoms with Gasteiger partial charge in [-0.15, -0.1) is 0 Å². The van der Waals surface area contributed by atoms with Gasteiger partial charge in [0.25, 0.3) is 0 Å². The fourth-order valence-corrected chi connectivity index (χ4v) is 4.54. The van der Waals surface area contributed by atoms with E-state index in [9.17, 15) is 15.3 Å². The maximum atomic E-state index is 10.6. The van der Waals surface area contributed by atoms with Crippen molar-refractivity contribution in [2.45, 2.75) is 58.5 Å². The van der Waals surface area contributed by atoms with E-state index in [1.165, 1.54) is 0 Å². The van der Waals surface area contributed by atoms with Crippen LogP contribution in [-0.4, -0.2) is 81.5 Å². The Morgan fingerprint density at radius 3 is 2.56 bits per heavy atom. The minimum atomic E-state index is -1.06. The van der Waals surface area contributed by atoms with Crippen molar-refractivity contribution in [2.24, 2.45) is 5.92 Å². The fraction of sp³-hybridized carbons (Fsp3) is 0.560. The van der Waals surface area contributed by atoms with Crippen molar-refractivity contribution in [3.8, 4) is 17.2 Å². The number of aromatic nitrogens is 3. The molecule has 0 aliphatic heterocycles. The molecule has 0 unspecified atom stereocenters. The standard InChI is InChI=1S/C25H35N5O6/c1-12(2)35-19-10-15-9-18(36-23(15)14(4)27-19)20-13(3)28-25(26-6-7-34-5)30-24(20)29-17-8-16(11-31)21(32)22(17)33/h9-10,12,16-17,21-22,31-33H,6-8,11H2,1-5H3,(H2,26,28,29,30)/t16-,17-,21-,22+/m1/s1. The largest absolute Gasteiger partial charge is 0.475 e. The molecule has 0 aromatic carbocycles. The van der Waals surface area contributed by atoms with Gasteiger partial charge in [-0.05, 0) is 40.2 Å². The Kier molecular flexibility index (Phi) is 7.94. The molecule has 0 spiro atoms. The van der Waals surface area contributed by atoms with E-state index in [0.29, 0.717) is 65.5 Å². The summed E-state index contributed by atoms with van der Waals surface area (Å²) in [5.74, 6) is 1.46. The van der Waals surface area contributed by atoms with Crippen LogP contribution in [0.5, 0.6) is 5.88 Å². The van der Waals surface area contributed by atoms with Gasteiger partial charge in [0.05, 0.1) is 41.8 Å². The molecule has 4 atom stereocenters. The molecule has 0 bridgehead atoms. The number of methoxy groups -OCH3 is 1. The summed E-state index contributed by atoms with van der Waals surface area (Å²) in [5.41, 5.74) is 2.61. The molecule has 11 nitrogen and oxygen atoms in total. The highest BCUT2D eigenvalue weighted by Gasteiger charge is 2.41. The maximum Gasteiger partial charge on any atom is 0.224 e. The van der Waals surface area contributed by atoms with Crippen LogP contribution in [0.25, 0.3) is 22.3 Å². The summed E-state index contributed by atoms with van der Waals surface area (Å²) in [4.78, 5) is 13.8. The van der Waals surface area contributed by atoms with E-state index in [0.717, 1.165) is 5.39 Å². The zero-order valence-corrected chi connectivity index (χ0v) is 21.3. The SMILES string of the molecule is COCCNc1nc(C)c(-c2cc3cc(OC(C)C)nc(C)c3o2)c(N[C@@H]2C[C@H](CO)[C@@H](O)[C@H]2O)n1. The second-order valence-electron chi connectivity index (χ2n) is 9.43. The van der Waals surface area contributed by atoms with Gasteiger partial charge in [-0.2, -0.15) is 4.98 Å². The van der Waals surface area contributed by atoms with Crippen molar-refractivity contribution in [3.05, 3.63) is 23.5 Å². The molecule has 3 aromatic heterocycles. The first-order valence-electron chi connectivity index (χ1n) is 12.1. The van der Waals surface area contributed by atoms with Gasteiger partial charge in [-0.25, -0.2) is 9.97 Å². The van der Waals surface area contributed by atoms with Crippen LogP contribution in [0.15, 0.2) is 16.5 Å². The van der Waals surface area contributed by atoms with Crippen molar-refractivity contribution >= 4 is 22.7 Å². The van der Waals surface area contributed by atoms with Crippen molar-refractivity contribution in [2.75, 3.05) is 37.5 Å². The van der Waals surface area contributed by atoms with Gasteiger partial charge in [0.1, 0.15) is 17.7 Å². The number of fused-ring (bicyclic) bond motifs is 1. The molecule has 1 fully saturated rings. The molecular weight excluding hydrogens is 466 g/mol. The van der Waals surface area contributed by atoms with Gasteiger partial charge in [-0.3, -0.25) is 0 Å². The first kappa shape index (κ1) is 26.1. The lowest BCUT2D eigenvalue weighted by atomic mass is 10.1. The molecule has 1 saturated carbocycles. The molecule has 0 radical (unpaired) electrons. The van der Waals surface area contributed by atoms with E-state index >= 15 is 0 Å². The normalized spacial score (nSPS) is 21.9. The van der Waals surface area contributed by atoms with Crippen molar-refractivity contribution in [3.63, 3.8) is 0 Å². The summed E-state index contributed by atoms with van der Waals surface area (Å²) in [5, 5.41) is 37.7. The molecular formula is C25H35N5O6. The summed E-state index contributed by atoms with van der Waals surface area (Å²) < 4.78 is 17.1. The van der Waals surface area contributed by atoms with Crippen molar-refractivity contribution in [1.29, 1.82) is 0 Å². The van der Waals surface area contributed by atoms with Crippen LogP contribution in [0, 0.1) is 19.8 Å².